The summed E-state index contributed by atoms with van der Waals surface area (Å²) in [5.74, 6) is -1.54. The van der Waals surface area contributed by atoms with E-state index in [4.69, 9.17) is 11.5 Å². The Hall–Kier alpha value is -4.27. The number of anilines is 2. The summed E-state index contributed by atoms with van der Waals surface area (Å²) in [5, 5.41) is 9.47. The van der Waals surface area contributed by atoms with Gasteiger partial charge in [0.05, 0.1) is 5.52 Å². The fourth-order valence-corrected chi connectivity index (χ4v) is 4.04. The van der Waals surface area contributed by atoms with Gasteiger partial charge in [0.15, 0.2) is 0 Å². The lowest BCUT2D eigenvalue weighted by Crippen LogP contribution is -2.19. The molecule has 1 aliphatic rings. The highest BCUT2D eigenvalue weighted by Crippen LogP contribution is 2.38. The topological polar surface area (TPSA) is 137 Å². The molecule has 5 rings (SSSR count). The highest BCUT2D eigenvalue weighted by atomic mass is 19.1. The van der Waals surface area contributed by atoms with Crippen molar-refractivity contribution in [2.24, 2.45) is 0 Å². The first kappa shape index (κ1) is 20.6. The summed E-state index contributed by atoms with van der Waals surface area (Å²) < 4.78 is 17.0. The van der Waals surface area contributed by atoms with Gasteiger partial charge < -0.3 is 21.1 Å². The molecule has 4 aromatic rings. The predicted molar refractivity (Wildman–Crippen MR) is 122 cm³/mol. The lowest BCUT2D eigenvalue weighted by Gasteiger charge is -2.14. The van der Waals surface area contributed by atoms with E-state index in [-0.39, 0.29) is 28.8 Å². The van der Waals surface area contributed by atoms with Crippen molar-refractivity contribution >= 4 is 28.6 Å². The molecule has 5 N–H and O–H groups in total. The fourth-order valence-electron chi connectivity index (χ4n) is 4.04. The van der Waals surface area contributed by atoms with E-state index in [1.54, 1.807) is 22.9 Å². The third-order valence-electron chi connectivity index (χ3n) is 5.84. The van der Waals surface area contributed by atoms with Gasteiger partial charge in [-0.3, -0.25) is 4.79 Å². The van der Waals surface area contributed by atoms with Crippen molar-refractivity contribution in [3.8, 4) is 11.1 Å². The van der Waals surface area contributed by atoms with Gasteiger partial charge in [-0.25, -0.2) is 14.2 Å². The van der Waals surface area contributed by atoms with Crippen molar-refractivity contribution in [1.29, 1.82) is 0 Å². The van der Waals surface area contributed by atoms with Crippen LogP contribution < -0.4 is 16.9 Å². The Bertz CT molecular complexity index is 1490. The molecule has 33 heavy (non-hydrogen) atoms. The summed E-state index contributed by atoms with van der Waals surface area (Å²) in [7, 11) is 0. The summed E-state index contributed by atoms with van der Waals surface area (Å²) >= 11 is 0. The molecular formula is C24H20FN5O3. The van der Waals surface area contributed by atoms with Crippen LogP contribution in [-0.4, -0.2) is 25.6 Å². The quantitative estimate of drug-likeness (QED) is 0.428. The molecule has 0 aliphatic heterocycles. The lowest BCUT2D eigenvalue weighted by molar-refractivity contribution is 0.0695. The van der Waals surface area contributed by atoms with E-state index < -0.39 is 17.2 Å². The molecule has 1 aliphatic carbocycles. The van der Waals surface area contributed by atoms with E-state index >= 15 is 4.39 Å². The van der Waals surface area contributed by atoms with Crippen LogP contribution >= 0.6 is 0 Å². The van der Waals surface area contributed by atoms with Gasteiger partial charge in [-0.2, -0.15) is 4.98 Å². The number of halogens is 1. The van der Waals surface area contributed by atoms with Crippen LogP contribution in [0.3, 0.4) is 0 Å². The number of nitrogens with two attached hydrogens (primary N) is 2. The zero-order chi connectivity index (χ0) is 23.3. The van der Waals surface area contributed by atoms with E-state index in [2.05, 4.69) is 9.97 Å². The van der Waals surface area contributed by atoms with Gasteiger partial charge in [0.1, 0.15) is 17.2 Å². The zero-order valence-electron chi connectivity index (χ0n) is 17.5. The number of nitrogens with zero attached hydrogens (tertiary/aromatic N) is 3. The van der Waals surface area contributed by atoms with Crippen LogP contribution in [0.2, 0.25) is 0 Å². The van der Waals surface area contributed by atoms with E-state index in [9.17, 15) is 14.7 Å². The molecule has 0 bridgehead atoms. The molecular weight excluding hydrogens is 425 g/mol. The molecule has 0 atom stereocenters. The number of carbonyl (C=O) groups is 1. The van der Waals surface area contributed by atoms with Crippen LogP contribution in [0.5, 0.6) is 0 Å². The fraction of sp³-hybridized carbons (Fsp3) is 0.167. The number of rotatable bonds is 5. The van der Waals surface area contributed by atoms with E-state index in [0.717, 1.165) is 24.5 Å². The monoisotopic (exact) mass is 445 g/mol. The number of benzene rings is 2. The number of carboxylic acid groups (broad SMARTS) is 1. The Morgan fingerprint density at radius 1 is 1.21 bits per heavy atom. The maximum absolute atomic E-state index is 15.2. The lowest BCUT2D eigenvalue weighted by atomic mass is 9.98. The van der Waals surface area contributed by atoms with Crippen LogP contribution in [0.25, 0.3) is 22.0 Å². The molecule has 2 aromatic heterocycles. The van der Waals surface area contributed by atoms with E-state index in [0.29, 0.717) is 28.6 Å². The average molecular weight is 445 g/mol. The van der Waals surface area contributed by atoms with Crippen LogP contribution in [0.1, 0.15) is 40.4 Å². The number of nitrogen functional groups attached to an aromatic ring is 2. The van der Waals surface area contributed by atoms with Gasteiger partial charge in [-0.1, -0.05) is 24.3 Å². The van der Waals surface area contributed by atoms with Gasteiger partial charge in [0.2, 0.25) is 11.4 Å². The number of fused-ring (bicyclic) bond motifs is 1. The molecule has 2 aromatic carbocycles. The second-order valence-electron chi connectivity index (χ2n) is 8.18. The van der Waals surface area contributed by atoms with Gasteiger partial charge in [0.25, 0.3) is 0 Å². The smallest absolute Gasteiger partial charge is 0.341 e. The summed E-state index contributed by atoms with van der Waals surface area (Å²) in [6.45, 7) is 0. The number of hydrogen-bond acceptors (Lipinski definition) is 6. The standard InChI is InChI=1S/C24H20FN5O3/c25-19-8-17-20(30(15-4-5-15)11-18(21(17)31)23(32)33)9-16(19)13-3-1-2-12(6-13)7-14-10-28-24(27)29-22(14)26/h1-3,6,8-11,15H,4-5,7H2,(H,32,33)(H4,26,27,28,29). The third-order valence-corrected chi connectivity index (χ3v) is 5.84. The Morgan fingerprint density at radius 2 is 2.00 bits per heavy atom. The SMILES string of the molecule is Nc1ncc(Cc2cccc(-c3cc4c(cc3F)c(=O)c(C(=O)O)cn4C3CC3)c2)c(N)n1. The minimum absolute atomic E-state index is 0.0611. The molecule has 9 heteroatoms. The average Bonchev–Trinajstić information content (AvgIpc) is 3.61. The van der Waals surface area contributed by atoms with Crippen molar-refractivity contribution in [2.45, 2.75) is 25.3 Å². The van der Waals surface area contributed by atoms with Crippen molar-refractivity contribution in [2.75, 3.05) is 11.5 Å². The number of aromatic carboxylic acids is 1. The van der Waals surface area contributed by atoms with Crippen LogP contribution in [0.15, 0.2) is 53.6 Å². The van der Waals surface area contributed by atoms with Crippen molar-refractivity contribution < 1.29 is 14.3 Å². The predicted octanol–water partition coefficient (Wildman–Crippen LogP) is 3.39. The van der Waals surface area contributed by atoms with Gasteiger partial charge in [0, 0.05) is 41.4 Å². The second-order valence-corrected chi connectivity index (χ2v) is 8.18. The van der Waals surface area contributed by atoms with Crippen LogP contribution in [0, 0.1) is 5.82 Å². The highest BCUT2D eigenvalue weighted by Gasteiger charge is 2.27. The molecule has 8 nitrogen and oxygen atoms in total. The number of carboxylic acids is 1. The van der Waals surface area contributed by atoms with Crippen molar-refractivity contribution in [3.05, 3.63) is 81.5 Å². The summed E-state index contributed by atoms with van der Waals surface area (Å²) in [6.07, 6.45) is 5.13. The molecule has 0 radical (unpaired) electrons. The third kappa shape index (κ3) is 3.78. The van der Waals surface area contributed by atoms with E-state index in [1.807, 2.05) is 18.2 Å². The van der Waals surface area contributed by atoms with Crippen molar-refractivity contribution in [3.63, 3.8) is 0 Å². The summed E-state index contributed by atoms with van der Waals surface area (Å²) in [4.78, 5) is 32.2. The minimum atomic E-state index is -1.32. The zero-order valence-corrected chi connectivity index (χ0v) is 17.5. The van der Waals surface area contributed by atoms with Gasteiger partial charge in [-0.05, 0) is 36.1 Å². The largest absolute Gasteiger partial charge is 0.477 e. The van der Waals surface area contributed by atoms with Gasteiger partial charge in [-0.15, -0.1) is 0 Å². The Labute approximate surface area is 187 Å². The number of aromatic nitrogens is 3. The first-order valence-electron chi connectivity index (χ1n) is 10.4. The molecule has 0 unspecified atom stereocenters. The second kappa shape index (κ2) is 7.70. The molecule has 1 fully saturated rings. The molecule has 0 saturated heterocycles. The summed E-state index contributed by atoms with van der Waals surface area (Å²) in [5.41, 5.74) is 13.5. The van der Waals surface area contributed by atoms with Crippen molar-refractivity contribution in [1.82, 2.24) is 14.5 Å². The molecule has 2 heterocycles. The Balaban J connectivity index is 1.62. The molecule has 0 spiro atoms. The number of pyridine rings is 1. The Kier molecular flexibility index (Phi) is 4.81. The maximum atomic E-state index is 15.2. The minimum Gasteiger partial charge on any atom is -0.477 e. The maximum Gasteiger partial charge on any atom is 0.341 e. The molecule has 0 amide bonds. The summed E-state index contributed by atoms with van der Waals surface area (Å²) in [6, 6.07) is 10.2. The normalized spacial score (nSPS) is 13.4. The highest BCUT2D eigenvalue weighted by molar-refractivity contribution is 5.94. The Morgan fingerprint density at radius 3 is 2.70 bits per heavy atom. The number of hydrogen-bond donors (Lipinski definition) is 3. The van der Waals surface area contributed by atoms with Crippen LogP contribution in [0.4, 0.5) is 16.2 Å². The van der Waals surface area contributed by atoms with E-state index in [1.165, 1.54) is 6.20 Å². The molecule has 166 valence electrons. The van der Waals surface area contributed by atoms with Gasteiger partial charge >= 0.3 is 5.97 Å². The van der Waals surface area contributed by atoms with Crippen LogP contribution in [-0.2, 0) is 6.42 Å². The first-order chi connectivity index (χ1) is 15.8. The molecule has 1 saturated carbocycles. The first-order valence-corrected chi connectivity index (χ1v) is 10.4.